The summed E-state index contributed by atoms with van der Waals surface area (Å²) < 4.78 is 26.3. The first-order valence-electron chi connectivity index (χ1n) is 15.9. The Morgan fingerprint density at radius 2 is 1.80 bits per heavy atom. The summed E-state index contributed by atoms with van der Waals surface area (Å²) in [5, 5.41) is 16.5. The van der Waals surface area contributed by atoms with Crippen LogP contribution >= 0.6 is 23.2 Å². The van der Waals surface area contributed by atoms with Gasteiger partial charge in [-0.1, -0.05) is 52.6 Å². The second-order valence-corrected chi connectivity index (χ2v) is 14.2. The van der Waals surface area contributed by atoms with E-state index in [1.807, 2.05) is 23.1 Å². The van der Waals surface area contributed by atoms with E-state index >= 15 is 0 Å². The second-order valence-electron chi connectivity index (χ2n) is 13.4. The molecule has 0 amide bonds. The number of alkyl halides is 1. The van der Waals surface area contributed by atoms with Crippen molar-refractivity contribution in [1.29, 1.82) is 0 Å². The minimum atomic E-state index is -1.09. The van der Waals surface area contributed by atoms with Crippen LogP contribution in [0.2, 0.25) is 10.0 Å². The number of rotatable bonds is 9. The lowest BCUT2D eigenvalue weighted by Crippen LogP contribution is -2.49. The van der Waals surface area contributed by atoms with Crippen molar-refractivity contribution < 1.29 is 23.6 Å². The molecule has 0 radical (unpaired) electrons. The van der Waals surface area contributed by atoms with E-state index in [9.17, 15) is 14.3 Å². The summed E-state index contributed by atoms with van der Waals surface area (Å²) in [5.74, 6) is 0.681. The molecule has 3 aromatic heterocycles. The fourth-order valence-electron chi connectivity index (χ4n) is 7.41. The second kappa shape index (κ2) is 11.3. The first-order valence-corrected chi connectivity index (χ1v) is 16.7. The fourth-order valence-corrected chi connectivity index (χ4v) is 7.95. The Bertz CT molecular complexity index is 1840. The van der Waals surface area contributed by atoms with Gasteiger partial charge in [0, 0.05) is 34.8 Å². The lowest BCUT2D eigenvalue weighted by molar-refractivity contribution is -0.133. The van der Waals surface area contributed by atoms with Gasteiger partial charge in [-0.15, -0.1) is 0 Å². The van der Waals surface area contributed by atoms with Crippen LogP contribution in [0.25, 0.3) is 28.1 Å². The van der Waals surface area contributed by atoms with E-state index < -0.39 is 12.1 Å². The minimum absolute atomic E-state index is 0.0314. The molecule has 11 heteroatoms. The van der Waals surface area contributed by atoms with Gasteiger partial charge in [0.1, 0.15) is 23.4 Å². The number of hydrogen-bond donors (Lipinski definition) is 1. The molecule has 46 heavy (non-hydrogen) atoms. The van der Waals surface area contributed by atoms with Gasteiger partial charge in [-0.05, 0) is 79.9 Å². The van der Waals surface area contributed by atoms with E-state index in [1.54, 1.807) is 18.5 Å². The van der Waals surface area contributed by atoms with Crippen LogP contribution < -0.4 is 4.90 Å². The summed E-state index contributed by atoms with van der Waals surface area (Å²) >= 11 is 13.0. The maximum Gasteiger partial charge on any atom is 0.354 e. The largest absolute Gasteiger partial charge is 0.477 e. The van der Waals surface area contributed by atoms with Crippen molar-refractivity contribution in [1.82, 2.24) is 15.1 Å². The average molecular weight is 664 g/mol. The zero-order chi connectivity index (χ0) is 31.6. The quantitative estimate of drug-likeness (QED) is 0.190. The third-order valence-corrected chi connectivity index (χ3v) is 11.0. The van der Waals surface area contributed by atoms with Crippen LogP contribution in [0.4, 0.5) is 10.2 Å². The molecule has 4 heterocycles. The molecule has 5 fully saturated rings. The van der Waals surface area contributed by atoms with Crippen LogP contribution in [0.3, 0.4) is 0 Å². The number of aromatic carboxylic acids is 1. The Labute approximate surface area is 275 Å². The van der Waals surface area contributed by atoms with E-state index in [0.29, 0.717) is 39.6 Å². The van der Waals surface area contributed by atoms with Crippen molar-refractivity contribution in [3.05, 3.63) is 75.4 Å². The number of pyridine rings is 2. The van der Waals surface area contributed by atoms with Crippen molar-refractivity contribution in [3.63, 3.8) is 0 Å². The van der Waals surface area contributed by atoms with Crippen molar-refractivity contribution in [2.75, 3.05) is 18.0 Å². The molecule has 1 N–H and O–H groups in total. The number of allylic oxidation sites excluding steroid dienone is 1. The number of benzene rings is 1. The van der Waals surface area contributed by atoms with Crippen LogP contribution in [0.15, 0.2) is 47.3 Å². The van der Waals surface area contributed by atoms with Gasteiger partial charge in [-0.2, -0.15) is 0 Å². The Balaban J connectivity index is 0.988. The maximum atomic E-state index is 13.7. The summed E-state index contributed by atoms with van der Waals surface area (Å²) in [6, 6.07) is 7.56. The molecule has 8 nitrogen and oxygen atoms in total. The summed E-state index contributed by atoms with van der Waals surface area (Å²) in [6.07, 6.45) is 14.9. The normalized spacial score (nSPS) is 24.6. The molecule has 0 unspecified atom stereocenters. The average Bonchev–Trinajstić information content (AvgIpc) is 3.81. The molecule has 9 rings (SSSR count). The number of carbonyl (C=O) groups is 1. The molecule has 1 aliphatic heterocycles. The zero-order valence-electron chi connectivity index (χ0n) is 25.1. The number of carboxylic acid groups (broad SMARTS) is 1. The van der Waals surface area contributed by atoms with Crippen molar-refractivity contribution in [3.8, 4) is 11.3 Å². The van der Waals surface area contributed by atoms with Crippen molar-refractivity contribution >= 4 is 51.8 Å². The van der Waals surface area contributed by atoms with E-state index in [4.69, 9.17) is 32.5 Å². The van der Waals surface area contributed by atoms with Gasteiger partial charge in [0.15, 0.2) is 5.69 Å². The first kappa shape index (κ1) is 29.8. The van der Waals surface area contributed by atoms with E-state index in [1.165, 1.54) is 0 Å². The van der Waals surface area contributed by atoms with Gasteiger partial charge < -0.3 is 19.3 Å². The SMILES string of the molecule is O=C(O)c1cc2ccc(/C=C/C34CCC(OCc5c(-c6c(Cl)cncc6Cl)noc5C5CC5)(CC3)CC4)cc2c(N2CC(F)C2)n1. The van der Waals surface area contributed by atoms with Crippen molar-refractivity contribution in [2.24, 2.45) is 5.41 Å². The number of aromatic nitrogens is 3. The van der Waals surface area contributed by atoms with Gasteiger partial charge in [-0.25, -0.2) is 14.2 Å². The molecule has 4 saturated carbocycles. The third-order valence-electron chi connectivity index (χ3n) is 10.4. The smallest absolute Gasteiger partial charge is 0.354 e. The summed E-state index contributed by atoms with van der Waals surface area (Å²) in [6.45, 7) is 0.854. The van der Waals surface area contributed by atoms with Gasteiger partial charge in [0.25, 0.3) is 0 Å². The molecule has 1 aromatic carbocycles. The molecular formula is C35H33Cl2FN4O4. The third kappa shape index (κ3) is 5.36. The molecule has 4 aromatic rings. The highest BCUT2D eigenvalue weighted by Gasteiger charge is 2.48. The number of ether oxygens (including phenoxy) is 1. The Morgan fingerprint density at radius 3 is 2.46 bits per heavy atom. The highest BCUT2D eigenvalue weighted by atomic mass is 35.5. The van der Waals surface area contributed by atoms with Crippen LogP contribution in [0.5, 0.6) is 0 Å². The number of anilines is 1. The van der Waals surface area contributed by atoms with Gasteiger partial charge in [0.2, 0.25) is 0 Å². The summed E-state index contributed by atoms with van der Waals surface area (Å²) in [7, 11) is 0. The summed E-state index contributed by atoms with van der Waals surface area (Å²) in [5.41, 5.74) is 3.12. The molecule has 2 bridgehead atoms. The highest BCUT2D eigenvalue weighted by molar-refractivity contribution is 6.38. The number of fused-ring (bicyclic) bond motifs is 4. The Hall–Kier alpha value is -3.53. The zero-order valence-corrected chi connectivity index (χ0v) is 26.7. The van der Waals surface area contributed by atoms with Crippen LogP contribution in [-0.4, -0.2) is 51.1 Å². The molecule has 238 valence electrons. The number of carboxylic acids is 1. The van der Waals surface area contributed by atoms with Crippen LogP contribution in [-0.2, 0) is 11.3 Å². The predicted octanol–water partition coefficient (Wildman–Crippen LogP) is 8.65. The number of nitrogens with zero attached hydrogens (tertiary/aromatic N) is 4. The highest BCUT2D eigenvalue weighted by Crippen LogP contribution is 2.55. The lowest BCUT2D eigenvalue weighted by atomic mass is 9.58. The number of halogens is 3. The molecule has 4 aliphatic carbocycles. The Kier molecular flexibility index (Phi) is 7.34. The van der Waals surface area contributed by atoms with Crippen molar-refractivity contribution in [2.45, 2.75) is 75.7 Å². The Morgan fingerprint density at radius 1 is 1.09 bits per heavy atom. The van der Waals surface area contributed by atoms with Gasteiger partial charge >= 0.3 is 5.97 Å². The topological polar surface area (TPSA) is 102 Å². The monoisotopic (exact) mass is 662 g/mol. The fraction of sp³-hybridized carbons (Fsp3) is 0.429. The van der Waals surface area contributed by atoms with E-state index in [-0.39, 0.29) is 29.8 Å². The van der Waals surface area contributed by atoms with Gasteiger partial charge in [-0.3, -0.25) is 4.98 Å². The molecule has 1 saturated heterocycles. The first-order chi connectivity index (χ1) is 22.2. The van der Waals surface area contributed by atoms with Gasteiger partial charge in [0.05, 0.1) is 35.3 Å². The molecular weight excluding hydrogens is 630 g/mol. The van der Waals surface area contributed by atoms with Crippen LogP contribution in [0, 0.1) is 5.41 Å². The maximum absolute atomic E-state index is 13.7. The van der Waals surface area contributed by atoms with Crippen LogP contribution in [0.1, 0.15) is 84.7 Å². The summed E-state index contributed by atoms with van der Waals surface area (Å²) in [4.78, 5) is 22.0. The molecule has 5 aliphatic rings. The number of hydrogen-bond acceptors (Lipinski definition) is 7. The molecule has 0 spiro atoms. The lowest BCUT2D eigenvalue weighted by Gasteiger charge is -2.52. The van der Waals surface area contributed by atoms with E-state index in [0.717, 1.165) is 79.0 Å². The molecule has 0 atom stereocenters. The standard InChI is InChI=1S/C35H33Cl2FN4O4/c36-26-15-39-16-27(37)29(26)30-25(31(46-41-30)21-3-4-21)19-45-35-10-7-34(8-11-35,9-12-35)6-5-20-1-2-22-14-28(33(43)44)40-32(24(22)13-20)42-17-23(38)18-42/h1-2,5-6,13-16,21,23H,3-4,7-12,17-19H2,(H,43,44)/b6-5+. The minimum Gasteiger partial charge on any atom is -0.477 e. The van der Waals surface area contributed by atoms with E-state index in [2.05, 4.69) is 27.3 Å². The predicted molar refractivity (Wildman–Crippen MR) is 174 cm³/mol.